The summed E-state index contributed by atoms with van der Waals surface area (Å²) in [6, 6.07) is 20.7. The van der Waals surface area contributed by atoms with Gasteiger partial charge in [0.2, 0.25) is 23.6 Å². The fourth-order valence-electron chi connectivity index (χ4n) is 3.67. The Morgan fingerprint density at radius 1 is 0.475 bits per heavy atom. The van der Waals surface area contributed by atoms with Gasteiger partial charge in [-0.25, -0.2) is 0 Å². The zero-order chi connectivity index (χ0) is 27.9. The molecule has 0 saturated heterocycles. The molecule has 0 unspecified atom stereocenters. The highest BCUT2D eigenvalue weighted by Gasteiger charge is 2.14. The second kappa shape index (κ2) is 11.7. The van der Waals surface area contributed by atoms with E-state index in [-0.39, 0.29) is 23.6 Å². The monoisotopic (exact) mass is 526 g/mol. The van der Waals surface area contributed by atoms with Crippen molar-refractivity contribution in [1.82, 2.24) is 19.9 Å². The molecule has 0 atom stereocenters. The molecule has 10 nitrogen and oxygen atoms in total. The summed E-state index contributed by atoms with van der Waals surface area (Å²) in [5.41, 5.74) is 4.59. The van der Waals surface area contributed by atoms with E-state index in [1.165, 1.54) is 18.5 Å². The SMILES string of the molecule is N=C(OC(=N)c1cccc(C(=N)OC(=N)c2ccc(-c3cccnc3)nc2)c1)c1ccc(-c2cccnc2)nc1. The molecule has 0 amide bonds. The Bertz CT molecular complexity index is 1560. The lowest BCUT2D eigenvalue weighted by atomic mass is 10.1. The minimum absolute atomic E-state index is 0.240. The molecule has 0 fully saturated rings. The van der Waals surface area contributed by atoms with E-state index in [9.17, 15) is 0 Å². The summed E-state index contributed by atoms with van der Waals surface area (Å²) in [5.74, 6) is -1.03. The van der Waals surface area contributed by atoms with Crippen LogP contribution in [0, 0.1) is 21.6 Å². The van der Waals surface area contributed by atoms with Gasteiger partial charge in [0.15, 0.2) is 0 Å². The maximum atomic E-state index is 8.33. The Kier molecular flexibility index (Phi) is 7.50. The lowest BCUT2D eigenvalue weighted by molar-refractivity contribution is 0.536. The number of rotatable bonds is 6. The Labute approximate surface area is 229 Å². The van der Waals surface area contributed by atoms with Gasteiger partial charge in [-0.2, -0.15) is 0 Å². The van der Waals surface area contributed by atoms with Crippen molar-refractivity contribution >= 4 is 23.6 Å². The maximum absolute atomic E-state index is 8.33. The third-order valence-electron chi connectivity index (χ3n) is 5.76. The van der Waals surface area contributed by atoms with Crippen LogP contribution in [0.4, 0.5) is 0 Å². The molecule has 0 spiro atoms. The smallest absolute Gasteiger partial charge is 0.222 e. The Morgan fingerprint density at radius 3 is 1.30 bits per heavy atom. The Hall–Kier alpha value is -5.90. The first-order chi connectivity index (χ1) is 19.5. The average Bonchev–Trinajstić information content (AvgIpc) is 3.02. The second-order valence-electron chi connectivity index (χ2n) is 8.45. The number of nitrogens with zero attached hydrogens (tertiary/aromatic N) is 4. The van der Waals surface area contributed by atoms with Gasteiger partial charge in [0.25, 0.3) is 0 Å². The molecule has 0 aliphatic rings. The van der Waals surface area contributed by atoms with Crippen LogP contribution in [-0.4, -0.2) is 43.5 Å². The third-order valence-corrected chi connectivity index (χ3v) is 5.76. The molecule has 0 radical (unpaired) electrons. The summed E-state index contributed by atoms with van der Waals surface area (Å²) in [4.78, 5) is 16.9. The zero-order valence-electron chi connectivity index (χ0n) is 21.0. The topological polar surface area (TPSA) is 165 Å². The van der Waals surface area contributed by atoms with Crippen LogP contribution in [0.25, 0.3) is 22.5 Å². The van der Waals surface area contributed by atoms with Gasteiger partial charge in [-0.15, -0.1) is 0 Å². The highest BCUT2D eigenvalue weighted by molar-refractivity contribution is 6.07. The molecule has 0 aliphatic heterocycles. The van der Waals surface area contributed by atoms with E-state index in [0.29, 0.717) is 33.6 Å². The van der Waals surface area contributed by atoms with Gasteiger partial charge in [-0.05, 0) is 66.7 Å². The van der Waals surface area contributed by atoms with Crippen LogP contribution < -0.4 is 0 Å². The van der Waals surface area contributed by atoms with Crippen LogP contribution in [-0.2, 0) is 9.47 Å². The predicted molar refractivity (Wildman–Crippen MR) is 151 cm³/mol. The van der Waals surface area contributed by atoms with Crippen LogP contribution in [0.1, 0.15) is 22.3 Å². The van der Waals surface area contributed by atoms with Crippen LogP contribution in [0.5, 0.6) is 0 Å². The summed E-state index contributed by atoms with van der Waals surface area (Å²) in [5, 5.41) is 33.2. The first-order valence-electron chi connectivity index (χ1n) is 12.0. The first-order valence-corrected chi connectivity index (χ1v) is 12.0. The van der Waals surface area contributed by atoms with Crippen molar-refractivity contribution in [2.45, 2.75) is 0 Å². The molecular weight excluding hydrogens is 504 g/mol. The number of benzene rings is 1. The van der Waals surface area contributed by atoms with E-state index >= 15 is 0 Å². The van der Waals surface area contributed by atoms with Gasteiger partial charge in [0.05, 0.1) is 22.5 Å². The summed E-state index contributed by atoms with van der Waals surface area (Å²) < 4.78 is 10.9. The highest BCUT2D eigenvalue weighted by Crippen LogP contribution is 2.18. The van der Waals surface area contributed by atoms with E-state index < -0.39 is 0 Å². The number of ether oxygens (including phenoxy) is 2. The van der Waals surface area contributed by atoms with Crippen molar-refractivity contribution < 1.29 is 9.47 Å². The molecule has 194 valence electrons. The molecule has 5 aromatic rings. The number of pyridine rings is 4. The quantitative estimate of drug-likeness (QED) is 0.172. The second-order valence-corrected chi connectivity index (χ2v) is 8.45. The van der Waals surface area contributed by atoms with Crippen molar-refractivity contribution in [2.75, 3.05) is 0 Å². The van der Waals surface area contributed by atoms with Crippen LogP contribution in [0.15, 0.2) is 110 Å². The zero-order valence-corrected chi connectivity index (χ0v) is 21.0. The molecular formula is C30H22N8O2. The van der Waals surface area contributed by atoms with E-state index in [0.717, 1.165) is 11.1 Å². The summed E-state index contributed by atoms with van der Waals surface area (Å²) in [6.45, 7) is 0. The lowest BCUT2D eigenvalue weighted by Crippen LogP contribution is -2.16. The fraction of sp³-hybridized carbons (Fsp3) is 0. The summed E-state index contributed by atoms with van der Waals surface area (Å²) >= 11 is 0. The first kappa shape index (κ1) is 25.7. The number of aromatic nitrogens is 4. The highest BCUT2D eigenvalue weighted by atomic mass is 16.5. The van der Waals surface area contributed by atoms with Gasteiger partial charge in [0, 0.05) is 59.4 Å². The molecule has 4 N–H and O–H groups in total. The van der Waals surface area contributed by atoms with Crippen molar-refractivity contribution in [3.05, 3.63) is 132 Å². The Balaban J connectivity index is 1.21. The molecule has 1 aromatic carbocycles. The molecule has 5 rings (SSSR count). The van der Waals surface area contributed by atoms with Gasteiger partial charge >= 0.3 is 0 Å². The van der Waals surface area contributed by atoms with E-state index in [4.69, 9.17) is 31.1 Å². The van der Waals surface area contributed by atoms with Crippen LogP contribution in [0.2, 0.25) is 0 Å². The maximum Gasteiger partial charge on any atom is 0.222 e. The normalized spacial score (nSPS) is 10.4. The standard InChI is InChI=1S/C30H22N8O2/c31-27(39-29(33)23-8-10-25(37-17-23)21-6-2-12-35-15-21)19-4-1-5-20(14-19)28(32)40-30(34)24-9-11-26(38-18-24)22-7-3-13-36-16-22/h1-18,31-34H. The minimum atomic E-state index is -0.277. The molecule has 4 heterocycles. The molecule has 4 aromatic heterocycles. The van der Waals surface area contributed by atoms with Gasteiger partial charge in [-0.3, -0.25) is 41.6 Å². The minimum Gasteiger partial charge on any atom is -0.421 e. The molecule has 40 heavy (non-hydrogen) atoms. The lowest BCUT2D eigenvalue weighted by Gasteiger charge is -2.11. The number of nitrogens with one attached hydrogen (secondary N) is 4. The number of hydrogen-bond acceptors (Lipinski definition) is 10. The van der Waals surface area contributed by atoms with Gasteiger partial charge in [0.1, 0.15) is 0 Å². The van der Waals surface area contributed by atoms with E-state index in [1.54, 1.807) is 67.3 Å². The largest absolute Gasteiger partial charge is 0.421 e. The van der Waals surface area contributed by atoms with E-state index in [2.05, 4.69) is 19.9 Å². The summed E-state index contributed by atoms with van der Waals surface area (Å²) in [7, 11) is 0. The van der Waals surface area contributed by atoms with Crippen LogP contribution in [0.3, 0.4) is 0 Å². The molecule has 0 bridgehead atoms. The molecule has 0 saturated carbocycles. The third kappa shape index (κ3) is 5.97. The Morgan fingerprint density at radius 2 is 0.925 bits per heavy atom. The van der Waals surface area contributed by atoms with Crippen molar-refractivity contribution in [3.63, 3.8) is 0 Å². The fourth-order valence-corrected chi connectivity index (χ4v) is 3.67. The van der Waals surface area contributed by atoms with Gasteiger partial charge in [-0.1, -0.05) is 6.07 Å². The van der Waals surface area contributed by atoms with Crippen molar-refractivity contribution in [3.8, 4) is 22.5 Å². The molecule has 0 aliphatic carbocycles. The van der Waals surface area contributed by atoms with Crippen molar-refractivity contribution in [1.29, 1.82) is 21.6 Å². The van der Waals surface area contributed by atoms with Gasteiger partial charge < -0.3 is 9.47 Å². The van der Waals surface area contributed by atoms with Crippen molar-refractivity contribution in [2.24, 2.45) is 0 Å². The average molecular weight is 527 g/mol. The number of hydrogen-bond donors (Lipinski definition) is 4. The van der Waals surface area contributed by atoms with E-state index in [1.807, 2.05) is 24.3 Å². The summed E-state index contributed by atoms with van der Waals surface area (Å²) in [6.07, 6.45) is 9.76. The predicted octanol–water partition coefficient (Wildman–Crippen LogP) is 5.34. The van der Waals surface area contributed by atoms with Crippen LogP contribution >= 0.6 is 0 Å². The molecule has 10 heteroatoms.